The predicted molar refractivity (Wildman–Crippen MR) is 90.3 cm³/mol. The average Bonchev–Trinajstić information content (AvgIpc) is 2.56. The third kappa shape index (κ3) is 1.88. The first-order chi connectivity index (χ1) is 10.8. The standard InChI is InChI=1S/C20H14O2/c21-17-11-9-13-5-1-3-7-15(13)19(17)20-16-8-4-2-6-14(16)10-12-18(20)22/h1-12,19-20H/p+2. The second-order valence-electron chi connectivity index (χ2n) is 5.73. The van der Waals surface area contributed by atoms with E-state index in [0.717, 1.165) is 22.3 Å². The number of hydrogen-bond acceptors (Lipinski definition) is 0. The minimum Gasteiger partial charge on any atom is -0.278 e. The Bertz CT molecular complexity index is 771. The number of rotatable bonds is 1. The van der Waals surface area contributed by atoms with Gasteiger partial charge < -0.3 is 0 Å². The summed E-state index contributed by atoms with van der Waals surface area (Å²) in [5.41, 5.74) is 4.27. The fraction of sp³-hybridized carbons (Fsp3) is 0.100. The number of benzene rings is 2. The van der Waals surface area contributed by atoms with E-state index >= 15 is 0 Å². The number of carbonyl (C=O) groups excluding carboxylic acids is 2. The number of hydrogen-bond donors (Lipinski definition) is 0. The molecular weight excluding hydrogens is 272 g/mol. The van der Waals surface area contributed by atoms with Crippen molar-refractivity contribution >= 4 is 23.7 Å². The van der Waals surface area contributed by atoms with Crippen LogP contribution in [0.5, 0.6) is 0 Å². The minimum atomic E-state index is -0.257. The van der Waals surface area contributed by atoms with Crippen LogP contribution in [0.15, 0.2) is 60.7 Å². The van der Waals surface area contributed by atoms with Gasteiger partial charge in [0.15, 0.2) is 0 Å². The summed E-state index contributed by atoms with van der Waals surface area (Å²) in [4.78, 5) is 21.0. The van der Waals surface area contributed by atoms with E-state index in [1.807, 2.05) is 60.7 Å². The molecule has 0 amide bonds. The molecule has 0 aromatic heterocycles. The molecular formula is C20H16O2+2. The van der Waals surface area contributed by atoms with Crippen molar-refractivity contribution in [2.45, 2.75) is 11.8 Å². The Balaban J connectivity index is 1.91. The van der Waals surface area contributed by atoms with E-state index in [9.17, 15) is 9.59 Å². The van der Waals surface area contributed by atoms with Crippen molar-refractivity contribution in [1.29, 1.82) is 0 Å². The van der Waals surface area contributed by atoms with Crippen molar-refractivity contribution in [3.8, 4) is 0 Å². The molecule has 2 aromatic carbocycles. The van der Waals surface area contributed by atoms with E-state index in [1.54, 1.807) is 12.2 Å². The van der Waals surface area contributed by atoms with E-state index in [1.165, 1.54) is 0 Å². The maximum Gasteiger partial charge on any atom is 0.325 e. The third-order valence-electron chi connectivity index (χ3n) is 4.50. The normalized spacial score (nSPS) is 22.4. The molecule has 0 heterocycles. The van der Waals surface area contributed by atoms with E-state index in [4.69, 9.17) is 0 Å². The molecule has 22 heavy (non-hydrogen) atoms. The molecule has 2 aliphatic carbocycles. The van der Waals surface area contributed by atoms with Crippen LogP contribution in [-0.4, -0.2) is 21.2 Å². The van der Waals surface area contributed by atoms with Gasteiger partial charge in [-0.1, -0.05) is 48.5 Å². The first-order valence-electron chi connectivity index (χ1n) is 7.41. The Labute approximate surface area is 128 Å². The summed E-state index contributed by atoms with van der Waals surface area (Å²) in [6.45, 7) is 0. The van der Waals surface area contributed by atoms with Gasteiger partial charge in [-0.3, -0.25) is 9.59 Å². The van der Waals surface area contributed by atoms with Gasteiger partial charge in [-0.25, -0.2) is 0 Å². The lowest BCUT2D eigenvalue weighted by molar-refractivity contribution is 0.599. The number of allylic oxidation sites excluding steroid dienone is 2. The fourth-order valence-electron chi connectivity index (χ4n) is 3.47. The van der Waals surface area contributed by atoms with E-state index in [0.29, 0.717) is 11.6 Å². The maximum atomic E-state index is 10.5. The highest BCUT2D eigenvalue weighted by Crippen LogP contribution is 2.42. The SMILES string of the molecule is [OH+]=C1C=Cc2ccccc2C1C1C(=[OH+])C=Cc2ccccc21. The van der Waals surface area contributed by atoms with Crippen LogP contribution < -0.4 is 0 Å². The van der Waals surface area contributed by atoms with Gasteiger partial charge in [0.25, 0.3) is 0 Å². The number of fused-ring (bicyclic) bond motifs is 2. The largest absolute Gasteiger partial charge is 0.325 e. The lowest BCUT2D eigenvalue weighted by Gasteiger charge is -2.25. The smallest absolute Gasteiger partial charge is 0.278 e. The van der Waals surface area contributed by atoms with Crippen LogP contribution in [0.1, 0.15) is 34.1 Å². The van der Waals surface area contributed by atoms with Crippen LogP contribution in [0.3, 0.4) is 0 Å². The average molecular weight is 288 g/mol. The molecule has 2 atom stereocenters. The molecule has 2 unspecified atom stereocenters. The lowest BCUT2D eigenvalue weighted by Crippen LogP contribution is -2.29. The van der Waals surface area contributed by atoms with Gasteiger partial charge >= 0.3 is 11.6 Å². The van der Waals surface area contributed by atoms with Gasteiger partial charge in [-0.2, -0.15) is 0 Å². The quantitative estimate of drug-likeness (QED) is 0.718. The molecule has 2 nitrogen and oxygen atoms in total. The van der Waals surface area contributed by atoms with E-state index in [-0.39, 0.29) is 11.8 Å². The van der Waals surface area contributed by atoms with Crippen molar-refractivity contribution in [2.75, 3.05) is 0 Å². The molecule has 4 rings (SSSR count). The van der Waals surface area contributed by atoms with Crippen LogP contribution in [0.2, 0.25) is 0 Å². The van der Waals surface area contributed by atoms with Crippen LogP contribution >= 0.6 is 0 Å². The van der Waals surface area contributed by atoms with Crippen molar-refractivity contribution < 1.29 is 9.59 Å². The zero-order valence-electron chi connectivity index (χ0n) is 12.0. The van der Waals surface area contributed by atoms with Gasteiger partial charge in [0.05, 0.1) is 0 Å². The Hall–Kier alpha value is -2.74. The Morgan fingerprint density at radius 2 is 0.955 bits per heavy atom. The van der Waals surface area contributed by atoms with Crippen molar-refractivity contribution in [1.82, 2.24) is 0 Å². The summed E-state index contributed by atoms with van der Waals surface area (Å²) in [6, 6.07) is 16.0. The summed E-state index contributed by atoms with van der Waals surface area (Å²) in [7, 11) is 0. The second kappa shape index (κ2) is 4.92. The molecule has 0 bridgehead atoms. The summed E-state index contributed by atoms with van der Waals surface area (Å²) in [5.74, 6) is 0.0697. The molecule has 0 saturated heterocycles. The molecule has 106 valence electrons. The number of ketones is 2. The Morgan fingerprint density at radius 1 is 0.545 bits per heavy atom. The lowest BCUT2D eigenvalue weighted by atomic mass is 9.70. The highest BCUT2D eigenvalue weighted by molar-refractivity contribution is 6.11. The van der Waals surface area contributed by atoms with Crippen LogP contribution in [0, 0.1) is 0 Å². The zero-order valence-corrected chi connectivity index (χ0v) is 12.0. The topological polar surface area (TPSA) is 42.8 Å². The Morgan fingerprint density at radius 3 is 1.41 bits per heavy atom. The van der Waals surface area contributed by atoms with Crippen LogP contribution in [0.4, 0.5) is 0 Å². The molecule has 2 aromatic rings. The van der Waals surface area contributed by atoms with Gasteiger partial charge in [0, 0.05) is 12.2 Å². The molecule has 0 saturated carbocycles. The summed E-state index contributed by atoms with van der Waals surface area (Å²) >= 11 is 0. The van der Waals surface area contributed by atoms with Crippen LogP contribution in [0.25, 0.3) is 12.2 Å². The van der Waals surface area contributed by atoms with Gasteiger partial charge in [-0.15, -0.1) is 0 Å². The van der Waals surface area contributed by atoms with Gasteiger partial charge in [0.1, 0.15) is 11.8 Å². The summed E-state index contributed by atoms with van der Waals surface area (Å²) in [5, 5.41) is 0. The van der Waals surface area contributed by atoms with Gasteiger partial charge in [-0.05, 0) is 34.4 Å². The molecule has 0 fully saturated rings. The third-order valence-corrected chi connectivity index (χ3v) is 4.50. The van der Waals surface area contributed by atoms with Crippen molar-refractivity contribution in [2.24, 2.45) is 0 Å². The highest BCUT2D eigenvalue weighted by atomic mass is 16.1. The highest BCUT2D eigenvalue weighted by Gasteiger charge is 2.44. The second-order valence-corrected chi connectivity index (χ2v) is 5.73. The summed E-state index contributed by atoms with van der Waals surface area (Å²) in [6.07, 6.45) is 7.31. The van der Waals surface area contributed by atoms with E-state index < -0.39 is 0 Å². The Kier molecular flexibility index (Phi) is 2.90. The van der Waals surface area contributed by atoms with Crippen LogP contribution in [-0.2, 0) is 0 Å². The molecule has 0 radical (unpaired) electrons. The predicted octanol–water partition coefficient (Wildman–Crippen LogP) is 3.70. The fourth-order valence-corrected chi connectivity index (χ4v) is 3.47. The first kappa shape index (κ1) is 13.0. The minimum absolute atomic E-state index is 0.257. The van der Waals surface area contributed by atoms with Crippen molar-refractivity contribution in [3.05, 3.63) is 82.9 Å². The summed E-state index contributed by atoms with van der Waals surface area (Å²) < 4.78 is 0. The monoisotopic (exact) mass is 288 g/mol. The molecule has 0 spiro atoms. The maximum absolute atomic E-state index is 10.5. The van der Waals surface area contributed by atoms with Crippen molar-refractivity contribution in [3.63, 3.8) is 0 Å². The van der Waals surface area contributed by atoms with E-state index in [2.05, 4.69) is 0 Å². The van der Waals surface area contributed by atoms with Gasteiger partial charge in [0.2, 0.25) is 0 Å². The molecule has 2 heteroatoms. The molecule has 2 N–H and O–H groups in total. The molecule has 2 aliphatic rings. The zero-order chi connectivity index (χ0) is 15.1. The molecule has 0 aliphatic heterocycles. The first-order valence-corrected chi connectivity index (χ1v) is 7.41.